The molecule has 18 heavy (non-hydrogen) atoms. The Balaban J connectivity index is 2.21. The molecule has 2 rings (SSSR count). The summed E-state index contributed by atoms with van der Waals surface area (Å²) in [6.45, 7) is 3.99. The fraction of sp³-hybridized carbons (Fsp3) is 0.200. The van der Waals surface area contributed by atoms with Crippen molar-refractivity contribution < 1.29 is 4.39 Å². The third kappa shape index (κ3) is 2.80. The number of hydrogen-bond acceptors (Lipinski definition) is 2. The number of nitrogen functional groups attached to an aromatic ring is 1. The van der Waals surface area contributed by atoms with Crippen LogP contribution in [0, 0.1) is 12.7 Å². The third-order valence-electron chi connectivity index (χ3n) is 2.93. The maximum atomic E-state index is 13.2. The SMILES string of the molecule is Cc1ccc(N)c(NC(C)c2cccc(F)c2)c1. The summed E-state index contributed by atoms with van der Waals surface area (Å²) in [6, 6.07) is 12.4. The standard InChI is InChI=1S/C15H17FN2/c1-10-6-7-14(17)15(8-10)18-11(2)12-4-3-5-13(16)9-12/h3-9,11,18H,17H2,1-2H3. The molecular weight excluding hydrogens is 227 g/mol. The van der Waals surface area contributed by atoms with Crippen molar-refractivity contribution in [2.24, 2.45) is 0 Å². The molecule has 1 atom stereocenters. The van der Waals surface area contributed by atoms with Gasteiger partial charge in [0, 0.05) is 6.04 Å². The second kappa shape index (κ2) is 5.08. The monoisotopic (exact) mass is 244 g/mol. The van der Waals surface area contributed by atoms with Crippen LogP contribution < -0.4 is 11.1 Å². The summed E-state index contributed by atoms with van der Waals surface area (Å²) >= 11 is 0. The van der Waals surface area contributed by atoms with Gasteiger partial charge in [-0.15, -0.1) is 0 Å². The van der Waals surface area contributed by atoms with Crippen LogP contribution in [-0.2, 0) is 0 Å². The highest BCUT2D eigenvalue weighted by Gasteiger charge is 2.08. The van der Waals surface area contributed by atoms with Gasteiger partial charge >= 0.3 is 0 Å². The van der Waals surface area contributed by atoms with Gasteiger partial charge in [-0.2, -0.15) is 0 Å². The molecule has 0 bridgehead atoms. The van der Waals surface area contributed by atoms with Crippen LogP contribution >= 0.6 is 0 Å². The molecule has 3 heteroatoms. The van der Waals surface area contributed by atoms with E-state index >= 15 is 0 Å². The van der Waals surface area contributed by atoms with Gasteiger partial charge in [-0.3, -0.25) is 0 Å². The first-order chi connectivity index (χ1) is 8.56. The fourth-order valence-corrected chi connectivity index (χ4v) is 1.89. The average molecular weight is 244 g/mol. The molecule has 3 N–H and O–H groups in total. The van der Waals surface area contributed by atoms with Crippen LogP contribution in [0.1, 0.15) is 24.1 Å². The lowest BCUT2D eigenvalue weighted by Crippen LogP contribution is -2.08. The minimum absolute atomic E-state index is 0.00444. The molecule has 0 aliphatic carbocycles. The van der Waals surface area contributed by atoms with Crippen LogP contribution in [0.2, 0.25) is 0 Å². The van der Waals surface area contributed by atoms with E-state index < -0.39 is 0 Å². The van der Waals surface area contributed by atoms with E-state index in [9.17, 15) is 4.39 Å². The molecule has 2 nitrogen and oxygen atoms in total. The Morgan fingerprint density at radius 1 is 1.17 bits per heavy atom. The third-order valence-corrected chi connectivity index (χ3v) is 2.93. The first kappa shape index (κ1) is 12.4. The van der Waals surface area contributed by atoms with Gasteiger partial charge in [-0.1, -0.05) is 18.2 Å². The van der Waals surface area contributed by atoms with Crippen molar-refractivity contribution >= 4 is 11.4 Å². The molecule has 0 radical (unpaired) electrons. The van der Waals surface area contributed by atoms with Crippen LogP contribution in [0.15, 0.2) is 42.5 Å². The summed E-state index contributed by atoms with van der Waals surface area (Å²) in [4.78, 5) is 0. The van der Waals surface area contributed by atoms with E-state index in [0.717, 1.165) is 16.8 Å². The number of aryl methyl sites for hydroxylation is 1. The Kier molecular flexibility index (Phi) is 3.51. The van der Waals surface area contributed by atoms with E-state index in [1.807, 2.05) is 38.1 Å². The van der Waals surface area contributed by atoms with E-state index in [-0.39, 0.29) is 11.9 Å². The number of benzene rings is 2. The molecule has 0 fully saturated rings. The molecule has 0 aliphatic rings. The molecule has 0 spiro atoms. The normalized spacial score (nSPS) is 12.2. The summed E-state index contributed by atoms with van der Waals surface area (Å²) in [7, 11) is 0. The van der Waals surface area contributed by atoms with Crippen molar-refractivity contribution in [1.82, 2.24) is 0 Å². The molecular formula is C15H17FN2. The number of anilines is 2. The van der Waals surface area contributed by atoms with E-state index in [2.05, 4.69) is 5.32 Å². The maximum Gasteiger partial charge on any atom is 0.123 e. The van der Waals surface area contributed by atoms with E-state index in [4.69, 9.17) is 5.73 Å². The van der Waals surface area contributed by atoms with Gasteiger partial charge in [0.2, 0.25) is 0 Å². The number of nitrogens with two attached hydrogens (primary N) is 1. The lowest BCUT2D eigenvalue weighted by atomic mass is 10.1. The zero-order valence-electron chi connectivity index (χ0n) is 10.6. The first-order valence-corrected chi connectivity index (χ1v) is 5.94. The van der Waals surface area contributed by atoms with Crippen molar-refractivity contribution in [2.75, 3.05) is 11.1 Å². The molecule has 2 aromatic carbocycles. The van der Waals surface area contributed by atoms with Gasteiger partial charge in [0.25, 0.3) is 0 Å². The van der Waals surface area contributed by atoms with E-state index in [0.29, 0.717) is 5.69 Å². The van der Waals surface area contributed by atoms with E-state index in [1.165, 1.54) is 12.1 Å². The molecule has 0 aromatic heterocycles. The zero-order chi connectivity index (χ0) is 13.1. The second-order valence-electron chi connectivity index (χ2n) is 4.51. The molecule has 94 valence electrons. The number of halogens is 1. The van der Waals surface area contributed by atoms with Crippen LogP contribution in [0.4, 0.5) is 15.8 Å². The van der Waals surface area contributed by atoms with Gasteiger partial charge in [0.05, 0.1) is 11.4 Å². The van der Waals surface area contributed by atoms with Crippen molar-refractivity contribution in [1.29, 1.82) is 0 Å². The maximum absolute atomic E-state index is 13.2. The van der Waals surface area contributed by atoms with Gasteiger partial charge in [0.1, 0.15) is 5.82 Å². The van der Waals surface area contributed by atoms with Crippen molar-refractivity contribution in [3.63, 3.8) is 0 Å². The summed E-state index contributed by atoms with van der Waals surface area (Å²) in [5.41, 5.74) is 9.52. The summed E-state index contributed by atoms with van der Waals surface area (Å²) < 4.78 is 13.2. The highest BCUT2D eigenvalue weighted by Crippen LogP contribution is 2.25. The lowest BCUT2D eigenvalue weighted by molar-refractivity contribution is 0.623. The smallest absolute Gasteiger partial charge is 0.123 e. The Labute approximate surface area is 107 Å². The molecule has 0 amide bonds. The molecule has 0 saturated carbocycles. The molecule has 1 unspecified atom stereocenters. The summed E-state index contributed by atoms with van der Waals surface area (Å²) in [5.74, 6) is -0.224. The molecule has 0 saturated heterocycles. The van der Waals surface area contributed by atoms with Crippen LogP contribution in [0.25, 0.3) is 0 Å². The highest BCUT2D eigenvalue weighted by atomic mass is 19.1. The first-order valence-electron chi connectivity index (χ1n) is 5.94. The number of nitrogens with one attached hydrogen (secondary N) is 1. The van der Waals surface area contributed by atoms with Crippen molar-refractivity contribution in [2.45, 2.75) is 19.9 Å². The zero-order valence-corrected chi connectivity index (χ0v) is 10.6. The summed E-state index contributed by atoms with van der Waals surface area (Å²) in [6.07, 6.45) is 0. The minimum atomic E-state index is -0.224. The number of rotatable bonds is 3. The fourth-order valence-electron chi connectivity index (χ4n) is 1.89. The molecule has 2 aromatic rings. The largest absolute Gasteiger partial charge is 0.397 e. The van der Waals surface area contributed by atoms with Crippen LogP contribution in [-0.4, -0.2) is 0 Å². The second-order valence-corrected chi connectivity index (χ2v) is 4.51. The Bertz CT molecular complexity index is 552. The van der Waals surface area contributed by atoms with Gasteiger partial charge < -0.3 is 11.1 Å². The molecule has 0 heterocycles. The minimum Gasteiger partial charge on any atom is -0.397 e. The average Bonchev–Trinajstić information content (AvgIpc) is 2.34. The number of hydrogen-bond donors (Lipinski definition) is 2. The highest BCUT2D eigenvalue weighted by molar-refractivity contribution is 5.67. The Morgan fingerprint density at radius 2 is 1.94 bits per heavy atom. The summed E-state index contributed by atoms with van der Waals surface area (Å²) in [5, 5.41) is 3.30. The lowest BCUT2D eigenvalue weighted by Gasteiger charge is -2.17. The van der Waals surface area contributed by atoms with Gasteiger partial charge in [0.15, 0.2) is 0 Å². The Morgan fingerprint density at radius 3 is 2.67 bits per heavy atom. The van der Waals surface area contributed by atoms with Crippen LogP contribution in [0.3, 0.4) is 0 Å². The van der Waals surface area contributed by atoms with Crippen molar-refractivity contribution in [3.05, 3.63) is 59.4 Å². The topological polar surface area (TPSA) is 38.0 Å². The van der Waals surface area contributed by atoms with Gasteiger partial charge in [-0.25, -0.2) is 4.39 Å². The predicted octanol–water partition coefficient (Wildman–Crippen LogP) is 3.89. The van der Waals surface area contributed by atoms with E-state index in [1.54, 1.807) is 6.07 Å². The Hall–Kier alpha value is -2.03. The molecule has 0 aliphatic heterocycles. The van der Waals surface area contributed by atoms with Crippen molar-refractivity contribution in [3.8, 4) is 0 Å². The predicted molar refractivity (Wildman–Crippen MR) is 74.0 cm³/mol. The quantitative estimate of drug-likeness (QED) is 0.804. The van der Waals surface area contributed by atoms with Crippen LogP contribution in [0.5, 0.6) is 0 Å². The van der Waals surface area contributed by atoms with Gasteiger partial charge in [-0.05, 0) is 49.2 Å².